The first-order chi connectivity index (χ1) is 9.70. The molecule has 2 aromatic rings. The van der Waals surface area contributed by atoms with E-state index in [0.717, 1.165) is 16.7 Å². The fourth-order valence-corrected chi connectivity index (χ4v) is 2.07. The van der Waals surface area contributed by atoms with E-state index in [2.05, 4.69) is 5.32 Å². The Bertz CT molecular complexity index is 578. The fourth-order valence-electron chi connectivity index (χ4n) is 2.07. The van der Waals surface area contributed by atoms with E-state index in [-0.39, 0.29) is 6.42 Å². The largest absolute Gasteiger partial charge is 0.481 e. The van der Waals surface area contributed by atoms with Crippen molar-refractivity contribution in [3.8, 4) is 11.1 Å². The molecule has 0 aliphatic rings. The van der Waals surface area contributed by atoms with E-state index in [1.807, 2.05) is 54.6 Å². The van der Waals surface area contributed by atoms with Crippen molar-refractivity contribution in [1.82, 2.24) is 5.32 Å². The smallest absolute Gasteiger partial charge is 0.305 e. The van der Waals surface area contributed by atoms with E-state index in [9.17, 15) is 9.59 Å². The quantitative estimate of drug-likeness (QED) is 0.792. The van der Waals surface area contributed by atoms with E-state index in [4.69, 9.17) is 5.11 Å². The molecule has 0 unspecified atom stereocenters. The highest BCUT2D eigenvalue weighted by atomic mass is 16.4. The lowest BCUT2D eigenvalue weighted by Gasteiger charge is -2.14. The summed E-state index contributed by atoms with van der Waals surface area (Å²) < 4.78 is 0. The summed E-state index contributed by atoms with van der Waals surface area (Å²) in [6.07, 6.45) is 0.391. The normalized spacial score (nSPS) is 11.6. The number of carboxylic acid groups (broad SMARTS) is 1. The molecule has 102 valence electrons. The lowest BCUT2D eigenvalue weighted by atomic mass is 9.99. The molecule has 2 N–H and O–H groups in total. The third-order valence-electron chi connectivity index (χ3n) is 3.07. The molecule has 20 heavy (non-hydrogen) atoms. The molecule has 4 heteroatoms. The third kappa shape index (κ3) is 3.45. The molecule has 0 saturated heterocycles. The number of benzene rings is 2. The second kappa shape index (κ2) is 6.52. The maximum atomic E-state index is 10.8. The molecule has 0 aliphatic carbocycles. The Morgan fingerprint density at radius 2 is 1.65 bits per heavy atom. The molecule has 4 nitrogen and oxygen atoms in total. The minimum Gasteiger partial charge on any atom is -0.481 e. The standard InChI is InChI=1S/C16H15NO3/c18-11-17-15(10-16(19)20)14-8-6-13(7-9-14)12-4-2-1-3-5-12/h1-9,11,15H,10H2,(H,17,18)(H,19,20)/t15-/m0/s1. The van der Waals surface area contributed by atoms with Crippen LogP contribution in [0.25, 0.3) is 11.1 Å². The van der Waals surface area contributed by atoms with Crippen LogP contribution in [0.3, 0.4) is 0 Å². The molecule has 1 amide bonds. The Labute approximate surface area is 117 Å². The number of hydrogen-bond donors (Lipinski definition) is 2. The Kier molecular flexibility index (Phi) is 4.50. The van der Waals surface area contributed by atoms with Crippen LogP contribution < -0.4 is 5.32 Å². The molecule has 1 atom stereocenters. The summed E-state index contributed by atoms with van der Waals surface area (Å²) in [5.41, 5.74) is 2.92. The Morgan fingerprint density at radius 1 is 1.05 bits per heavy atom. The number of aliphatic carboxylic acids is 1. The predicted octanol–water partition coefficient (Wildman–Crippen LogP) is 2.62. The molecule has 0 heterocycles. The van der Waals surface area contributed by atoms with Gasteiger partial charge in [-0.2, -0.15) is 0 Å². The molecule has 0 spiro atoms. The van der Waals surface area contributed by atoms with Crippen molar-refractivity contribution in [3.05, 3.63) is 60.2 Å². The van der Waals surface area contributed by atoms with Gasteiger partial charge >= 0.3 is 5.97 Å². The van der Waals surface area contributed by atoms with Gasteiger partial charge < -0.3 is 10.4 Å². The van der Waals surface area contributed by atoms with Gasteiger partial charge in [-0.1, -0.05) is 54.6 Å². The van der Waals surface area contributed by atoms with E-state index < -0.39 is 12.0 Å². The molecule has 0 saturated carbocycles. The molecule has 2 aromatic carbocycles. The summed E-state index contributed by atoms with van der Waals surface area (Å²) in [4.78, 5) is 21.3. The van der Waals surface area contributed by atoms with Crippen molar-refractivity contribution in [2.24, 2.45) is 0 Å². The summed E-state index contributed by atoms with van der Waals surface area (Å²) in [5, 5.41) is 11.4. The van der Waals surface area contributed by atoms with Gasteiger partial charge in [0.15, 0.2) is 0 Å². The van der Waals surface area contributed by atoms with Crippen molar-refractivity contribution in [2.45, 2.75) is 12.5 Å². The molecule has 0 fully saturated rings. The van der Waals surface area contributed by atoms with Gasteiger partial charge in [0.2, 0.25) is 6.41 Å². The number of hydrogen-bond acceptors (Lipinski definition) is 2. The first-order valence-corrected chi connectivity index (χ1v) is 6.27. The van der Waals surface area contributed by atoms with Gasteiger partial charge in [-0.05, 0) is 16.7 Å². The van der Waals surface area contributed by atoms with Crippen LogP contribution in [0.2, 0.25) is 0 Å². The Balaban J connectivity index is 2.21. The van der Waals surface area contributed by atoms with Crippen LogP contribution >= 0.6 is 0 Å². The maximum absolute atomic E-state index is 10.8. The molecule has 0 bridgehead atoms. The number of nitrogens with one attached hydrogen (secondary N) is 1. The highest BCUT2D eigenvalue weighted by molar-refractivity contribution is 5.69. The zero-order valence-corrected chi connectivity index (χ0v) is 10.8. The van der Waals surface area contributed by atoms with Gasteiger partial charge in [0.25, 0.3) is 0 Å². The molecule has 0 radical (unpaired) electrons. The van der Waals surface area contributed by atoms with Gasteiger partial charge in [-0.15, -0.1) is 0 Å². The third-order valence-corrected chi connectivity index (χ3v) is 3.07. The maximum Gasteiger partial charge on any atom is 0.305 e. The van der Waals surface area contributed by atoms with Gasteiger partial charge in [0, 0.05) is 0 Å². The molecule has 0 aromatic heterocycles. The minimum atomic E-state index is -0.948. The number of carbonyl (C=O) groups is 2. The topological polar surface area (TPSA) is 66.4 Å². The van der Waals surface area contributed by atoms with Crippen molar-refractivity contribution >= 4 is 12.4 Å². The van der Waals surface area contributed by atoms with Crippen LogP contribution in [0.4, 0.5) is 0 Å². The number of amides is 1. The monoisotopic (exact) mass is 269 g/mol. The van der Waals surface area contributed by atoms with Crippen LogP contribution in [0.5, 0.6) is 0 Å². The zero-order chi connectivity index (χ0) is 14.4. The summed E-state index contributed by atoms with van der Waals surface area (Å²) >= 11 is 0. The SMILES string of the molecule is O=CN[C@@H](CC(=O)O)c1ccc(-c2ccccc2)cc1. The van der Waals surface area contributed by atoms with Crippen molar-refractivity contribution in [3.63, 3.8) is 0 Å². The zero-order valence-electron chi connectivity index (χ0n) is 10.8. The van der Waals surface area contributed by atoms with Crippen LogP contribution in [0.1, 0.15) is 18.0 Å². The minimum absolute atomic E-state index is 0.135. The number of carbonyl (C=O) groups excluding carboxylic acids is 1. The molecule has 0 aliphatic heterocycles. The van der Waals surface area contributed by atoms with Crippen LogP contribution in [0.15, 0.2) is 54.6 Å². The Hall–Kier alpha value is -2.62. The van der Waals surface area contributed by atoms with Gasteiger partial charge in [0.05, 0.1) is 12.5 Å². The molecule has 2 rings (SSSR count). The van der Waals surface area contributed by atoms with Crippen molar-refractivity contribution in [2.75, 3.05) is 0 Å². The Morgan fingerprint density at radius 3 is 2.20 bits per heavy atom. The summed E-state index contributed by atoms with van der Waals surface area (Å²) in [5.74, 6) is -0.948. The number of carboxylic acids is 1. The van der Waals surface area contributed by atoms with Crippen LogP contribution in [-0.2, 0) is 9.59 Å². The second-order valence-electron chi connectivity index (χ2n) is 4.42. The van der Waals surface area contributed by atoms with Gasteiger partial charge in [-0.25, -0.2) is 0 Å². The van der Waals surface area contributed by atoms with E-state index in [1.165, 1.54) is 0 Å². The first kappa shape index (κ1) is 13.8. The van der Waals surface area contributed by atoms with Crippen LogP contribution in [0, 0.1) is 0 Å². The molecular formula is C16H15NO3. The summed E-state index contributed by atoms with van der Waals surface area (Å²) in [7, 11) is 0. The lowest BCUT2D eigenvalue weighted by molar-refractivity contribution is -0.137. The van der Waals surface area contributed by atoms with Crippen LogP contribution in [-0.4, -0.2) is 17.5 Å². The van der Waals surface area contributed by atoms with E-state index in [1.54, 1.807) is 0 Å². The van der Waals surface area contributed by atoms with Crippen molar-refractivity contribution < 1.29 is 14.7 Å². The van der Waals surface area contributed by atoms with Gasteiger partial charge in [0.1, 0.15) is 0 Å². The first-order valence-electron chi connectivity index (χ1n) is 6.27. The number of rotatable bonds is 6. The fraction of sp³-hybridized carbons (Fsp3) is 0.125. The average Bonchev–Trinajstić information content (AvgIpc) is 2.47. The lowest BCUT2D eigenvalue weighted by Crippen LogP contribution is -2.22. The summed E-state index contributed by atoms with van der Waals surface area (Å²) in [6.45, 7) is 0. The summed E-state index contributed by atoms with van der Waals surface area (Å²) in [6, 6.07) is 16.9. The highest BCUT2D eigenvalue weighted by Crippen LogP contribution is 2.23. The average molecular weight is 269 g/mol. The van der Waals surface area contributed by atoms with E-state index >= 15 is 0 Å². The predicted molar refractivity (Wildman–Crippen MR) is 76.1 cm³/mol. The second-order valence-corrected chi connectivity index (χ2v) is 4.42. The molecular weight excluding hydrogens is 254 g/mol. The van der Waals surface area contributed by atoms with E-state index in [0.29, 0.717) is 6.41 Å². The van der Waals surface area contributed by atoms with Crippen molar-refractivity contribution in [1.29, 1.82) is 0 Å². The van der Waals surface area contributed by atoms with Gasteiger partial charge in [-0.3, -0.25) is 9.59 Å². The highest BCUT2D eigenvalue weighted by Gasteiger charge is 2.14.